The molecule has 4 rings (SSSR count). The number of rotatable bonds is 5. The third-order valence-corrected chi connectivity index (χ3v) is 5.38. The molecule has 1 aliphatic carbocycles. The van der Waals surface area contributed by atoms with Crippen molar-refractivity contribution in [2.24, 2.45) is 18.9 Å². The first-order valence-corrected chi connectivity index (χ1v) is 8.88. The van der Waals surface area contributed by atoms with Crippen LogP contribution in [0.2, 0.25) is 0 Å². The first kappa shape index (κ1) is 15.6. The molecule has 1 saturated carbocycles. The summed E-state index contributed by atoms with van der Waals surface area (Å²) in [4.78, 5) is 25.5. The van der Waals surface area contributed by atoms with Crippen LogP contribution in [0.5, 0.6) is 0 Å². The van der Waals surface area contributed by atoms with Crippen LogP contribution in [0.4, 0.5) is 0 Å². The number of aryl methyl sites for hydroxylation is 1. The summed E-state index contributed by atoms with van der Waals surface area (Å²) in [6, 6.07) is 0. The number of hydrogen-bond acceptors (Lipinski definition) is 4. The highest BCUT2D eigenvalue weighted by atomic mass is 16.5. The summed E-state index contributed by atoms with van der Waals surface area (Å²) in [7, 11) is 1.72. The van der Waals surface area contributed by atoms with Gasteiger partial charge >= 0.3 is 5.69 Å². The predicted molar refractivity (Wildman–Crippen MR) is 90.1 cm³/mol. The van der Waals surface area contributed by atoms with Crippen molar-refractivity contribution >= 4 is 11.0 Å². The van der Waals surface area contributed by atoms with Gasteiger partial charge in [0.15, 0.2) is 5.52 Å². The molecule has 0 atom stereocenters. The molecule has 3 heterocycles. The molecule has 0 radical (unpaired) electrons. The SMILES string of the molecule is Cn1c(=O)n(CCC2CCOCC2)c(=O)c2c1cnn2CC1CC1. The van der Waals surface area contributed by atoms with Crippen LogP contribution in [0.1, 0.15) is 32.1 Å². The molecule has 7 nitrogen and oxygen atoms in total. The second kappa shape index (κ2) is 6.20. The van der Waals surface area contributed by atoms with Gasteiger partial charge in [-0.05, 0) is 43.9 Å². The number of nitrogens with zero attached hydrogens (tertiary/aromatic N) is 4. The van der Waals surface area contributed by atoms with Gasteiger partial charge in [0.1, 0.15) is 0 Å². The van der Waals surface area contributed by atoms with Crippen molar-refractivity contribution in [3.05, 3.63) is 27.0 Å². The minimum atomic E-state index is -0.245. The van der Waals surface area contributed by atoms with E-state index < -0.39 is 0 Å². The van der Waals surface area contributed by atoms with Crippen LogP contribution in [-0.4, -0.2) is 32.1 Å². The Labute approximate surface area is 139 Å². The number of ether oxygens (including phenoxy) is 1. The van der Waals surface area contributed by atoms with E-state index in [1.165, 1.54) is 17.4 Å². The van der Waals surface area contributed by atoms with Crippen LogP contribution in [0.15, 0.2) is 15.8 Å². The molecular formula is C17H24N4O3. The van der Waals surface area contributed by atoms with E-state index in [1.807, 2.05) is 0 Å². The molecule has 2 aliphatic rings. The Kier molecular flexibility index (Phi) is 4.04. The van der Waals surface area contributed by atoms with E-state index in [0.717, 1.165) is 39.0 Å². The minimum Gasteiger partial charge on any atom is -0.381 e. The minimum absolute atomic E-state index is 0.196. The van der Waals surface area contributed by atoms with Crippen molar-refractivity contribution in [1.82, 2.24) is 18.9 Å². The Morgan fingerprint density at radius 2 is 1.92 bits per heavy atom. The van der Waals surface area contributed by atoms with Crippen LogP contribution < -0.4 is 11.2 Å². The monoisotopic (exact) mass is 332 g/mol. The smallest absolute Gasteiger partial charge is 0.331 e. The fourth-order valence-electron chi connectivity index (χ4n) is 3.57. The van der Waals surface area contributed by atoms with E-state index in [-0.39, 0.29) is 11.2 Å². The number of hydrogen-bond donors (Lipinski definition) is 0. The molecule has 2 fully saturated rings. The van der Waals surface area contributed by atoms with Gasteiger partial charge in [-0.2, -0.15) is 5.10 Å². The molecule has 0 unspecified atom stereocenters. The van der Waals surface area contributed by atoms with Gasteiger partial charge in [0.2, 0.25) is 0 Å². The summed E-state index contributed by atoms with van der Waals surface area (Å²) in [6.45, 7) is 2.81. The molecule has 0 N–H and O–H groups in total. The fraction of sp³-hybridized carbons (Fsp3) is 0.706. The van der Waals surface area contributed by atoms with Gasteiger partial charge in [0, 0.05) is 33.4 Å². The van der Waals surface area contributed by atoms with Crippen LogP contribution in [0.25, 0.3) is 11.0 Å². The zero-order chi connectivity index (χ0) is 16.7. The summed E-state index contributed by atoms with van der Waals surface area (Å²) in [6.07, 6.45) is 6.91. The molecule has 2 aromatic heterocycles. The summed E-state index contributed by atoms with van der Waals surface area (Å²) in [5, 5.41) is 4.36. The molecule has 1 aliphatic heterocycles. The van der Waals surface area contributed by atoms with Crippen LogP contribution in [0.3, 0.4) is 0 Å². The Hall–Kier alpha value is -1.89. The van der Waals surface area contributed by atoms with Gasteiger partial charge in [0.25, 0.3) is 5.56 Å². The Bertz CT molecular complexity index is 853. The molecule has 7 heteroatoms. The lowest BCUT2D eigenvalue weighted by atomic mass is 9.97. The molecule has 130 valence electrons. The molecule has 0 spiro atoms. The molecule has 0 aromatic carbocycles. The van der Waals surface area contributed by atoms with Crippen molar-refractivity contribution in [2.45, 2.75) is 45.2 Å². The topological polar surface area (TPSA) is 71.1 Å². The average Bonchev–Trinajstić information content (AvgIpc) is 3.31. The van der Waals surface area contributed by atoms with Crippen LogP contribution in [0, 0.1) is 11.8 Å². The molecular weight excluding hydrogens is 308 g/mol. The summed E-state index contributed by atoms with van der Waals surface area (Å²) in [5.41, 5.74) is 0.757. The van der Waals surface area contributed by atoms with Crippen molar-refractivity contribution in [3.63, 3.8) is 0 Å². The van der Waals surface area contributed by atoms with Crippen LogP contribution >= 0.6 is 0 Å². The van der Waals surface area contributed by atoms with Crippen molar-refractivity contribution in [1.29, 1.82) is 0 Å². The zero-order valence-corrected chi connectivity index (χ0v) is 14.1. The quantitative estimate of drug-likeness (QED) is 0.823. The highest BCUT2D eigenvalue weighted by Gasteiger charge is 2.25. The third-order valence-electron chi connectivity index (χ3n) is 5.38. The molecule has 0 amide bonds. The highest BCUT2D eigenvalue weighted by Crippen LogP contribution is 2.30. The lowest BCUT2D eigenvalue weighted by molar-refractivity contribution is 0.0624. The largest absolute Gasteiger partial charge is 0.381 e. The molecule has 1 saturated heterocycles. The standard InChI is InChI=1S/C17H24N4O3/c1-19-14-10-18-21(11-13-2-3-13)15(14)16(22)20(17(19)23)7-4-12-5-8-24-9-6-12/h10,12-13H,2-9,11H2,1H3. The van der Waals surface area contributed by atoms with Gasteiger partial charge in [-0.25, -0.2) is 4.79 Å². The van der Waals surface area contributed by atoms with Crippen LogP contribution in [-0.2, 0) is 24.9 Å². The molecule has 0 bridgehead atoms. The van der Waals surface area contributed by atoms with Gasteiger partial charge in [-0.15, -0.1) is 0 Å². The normalized spacial score (nSPS) is 19.2. The summed E-state index contributed by atoms with van der Waals surface area (Å²) >= 11 is 0. The van der Waals surface area contributed by atoms with E-state index in [4.69, 9.17) is 4.74 Å². The predicted octanol–water partition coefficient (Wildman–Crippen LogP) is 1.12. The average molecular weight is 332 g/mol. The van der Waals surface area contributed by atoms with Crippen molar-refractivity contribution in [3.8, 4) is 0 Å². The van der Waals surface area contributed by atoms with Gasteiger partial charge in [0.05, 0.1) is 11.7 Å². The highest BCUT2D eigenvalue weighted by molar-refractivity contribution is 5.73. The zero-order valence-electron chi connectivity index (χ0n) is 14.1. The van der Waals surface area contributed by atoms with Crippen molar-refractivity contribution in [2.75, 3.05) is 13.2 Å². The Morgan fingerprint density at radius 3 is 2.62 bits per heavy atom. The summed E-state index contributed by atoms with van der Waals surface area (Å²) < 4.78 is 10.1. The lowest BCUT2D eigenvalue weighted by Crippen LogP contribution is -2.40. The second-order valence-electron chi connectivity index (χ2n) is 7.15. The lowest BCUT2D eigenvalue weighted by Gasteiger charge is -2.22. The Balaban J connectivity index is 1.68. The maximum absolute atomic E-state index is 12.9. The second-order valence-corrected chi connectivity index (χ2v) is 7.15. The maximum Gasteiger partial charge on any atom is 0.331 e. The molecule has 24 heavy (non-hydrogen) atoms. The number of fused-ring (bicyclic) bond motifs is 1. The maximum atomic E-state index is 12.9. The van der Waals surface area contributed by atoms with E-state index in [1.54, 1.807) is 22.5 Å². The van der Waals surface area contributed by atoms with E-state index in [9.17, 15) is 9.59 Å². The number of aromatic nitrogens is 4. The van der Waals surface area contributed by atoms with E-state index in [2.05, 4.69) is 5.10 Å². The summed E-state index contributed by atoms with van der Waals surface area (Å²) in [5.74, 6) is 1.16. The third kappa shape index (κ3) is 2.81. The fourth-order valence-corrected chi connectivity index (χ4v) is 3.57. The molecule has 2 aromatic rings. The van der Waals surface area contributed by atoms with E-state index >= 15 is 0 Å². The first-order valence-electron chi connectivity index (χ1n) is 8.88. The van der Waals surface area contributed by atoms with Gasteiger partial charge < -0.3 is 4.74 Å². The first-order chi connectivity index (χ1) is 11.6. The van der Waals surface area contributed by atoms with Gasteiger partial charge in [-0.1, -0.05) is 0 Å². The van der Waals surface area contributed by atoms with Crippen molar-refractivity contribution < 1.29 is 4.74 Å². The van der Waals surface area contributed by atoms with E-state index in [0.29, 0.717) is 29.4 Å². The van der Waals surface area contributed by atoms with Gasteiger partial charge in [-0.3, -0.25) is 18.6 Å². The Morgan fingerprint density at radius 1 is 1.17 bits per heavy atom.